The van der Waals surface area contributed by atoms with Crippen LogP contribution in [-0.2, 0) is 0 Å². The van der Waals surface area contributed by atoms with E-state index < -0.39 is 0 Å². The summed E-state index contributed by atoms with van der Waals surface area (Å²) >= 11 is 3.20. The van der Waals surface area contributed by atoms with Crippen molar-refractivity contribution < 1.29 is 9.60 Å². The molecule has 6 heteroatoms. The lowest BCUT2D eigenvalue weighted by atomic mass is 9.91. The minimum Gasteiger partial charge on any atom is -0.409 e. The van der Waals surface area contributed by atoms with Crippen molar-refractivity contribution in [2.24, 2.45) is 22.7 Å². The van der Waals surface area contributed by atoms with E-state index >= 15 is 0 Å². The van der Waals surface area contributed by atoms with Crippen molar-refractivity contribution in [1.82, 2.24) is 0 Å². The van der Waals surface area contributed by atoms with Crippen molar-refractivity contribution in [2.45, 2.75) is 20.3 Å². The Balaban J connectivity index is 2.36. The van der Waals surface area contributed by atoms with Crippen LogP contribution in [-0.4, -0.2) is 24.1 Å². The third kappa shape index (κ3) is 2.90. The molecule has 2 atom stereocenters. The van der Waals surface area contributed by atoms with Crippen LogP contribution in [0.4, 0.5) is 10.1 Å². The fourth-order valence-electron chi connectivity index (χ4n) is 2.89. The van der Waals surface area contributed by atoms with E-state index in [-0.39, 0.29) is 16.1 Å². The number of benzene rings is 1. The third-order valence-electron chi connectivity index (χ3n) is 3.66. The molecule has 1 heterocycles. The van der Waals surface area contributed by atoms with Crippen LogP contribution in [0.3, 0.4) is 0 Å². The fraction of sp³-hybridized carbons (Fsp3) is 0.500. The number of amidine groups is 1. The highest BCUT2D eigenvalue weighted by molar-refractivity contribution is 9.10. The summed E-state index contributed by atoms with van der Waals surface area (Å²) in [6.45, 7) is 6.05. The lowest BCUT2D eigenvalue weighted by Crippen LogP contribution is -2.39. The Morgan fingerprint density at radius 3 is 2.55 bits per heavy atom. The van der Waals surface area contributed by atoms with Gasteiger partial charge >= 0.3 is 0 Å². The molecule has 0 amide bonds. The SMILES string of the molecule is CC1CC(C)CN(c2ccc(/C(N)=N/O)c(Br)c2F)C1. The highest BCUT2D eigenvalue weighted by Gasteiger charge is 2.25. The summed E-state index contributed by atoms with van der Waals surface area (Å²) in [6.07, 6.45) is 1.17. The van der Waals surface area contributed by atoms with Gasteiger partial charge in [0.2, 0.25) is 0 Å². The summed E-state index contributed by atoms with van der Waals surface area (Å²) < 4.78 is 14.7. The van der Waals surface area contributed by atoms with E-state index in [0.717, 1.165) is 13.1 Å². The molecule has 110 valence electrons. The molecule has 3 N–H and O–H groups in total. The summed E-state index contributed by atoms with van der Waals surface area (Å²) in [4.78, 5) is 2.06. The standard InChI is InChI=1S/C14H19BrFN3O/c1-8-5-9(2)7-19(6-8)11-4-3-10(14(17)18-20)12(15)13(11)16/h3-4,8-9,20H,5-7H2,1-2H3,(H2,17,18). The molecular weight excluding hydrogens is 325 g/mol. The Kier molecular flexibility index (Phi) is 4.52. The van der Waals surface area contributed by atoms with Crippen LogP contribution in [0.15, 0.2) is 21.8 Å². The first-order valence-corrected chi connectivity index (χ1v) is 7.44. The van der Waals surface area contributed by atoms with Crippen LogP contribution >= 0.6 is 15.9 Å². The molecular formula is C14H19BrFN3O. The van der Waals surface area contributed by atoms with Gasteiger partial charge in [0, 0.05) is 18.7 Å². The number of nitrogens with zero attached hydrogens (tertiary/aromatic N) is 2. The van der Waals surface area contributed by atoms with Gasteiger partial charge in [-0.1, -0.05) is 19.0 Å². The molecule has 2 unspecified atom stereocenters. The molecule has 4 nitrogen and oxygen atoms in total. The predicted molar refractivity (Wildman–Crippen MR) is 81.8 cm³/mol. The minimum atomic E-state index is -0.365. The summed E-state index contributed by atoms with van der Waals surface area (Å²) in [5.41, 5.74) is 6.44. The van der Waals surface area contributed by atoms with E-state index in [1.165, 1.54) is 6.42 Å². The van der Waals surface area contributed by atoms with Crippen molar-refractivity contribution >= 4 is 27.5 Å². The number of halogens is 2. The Morgan fingerprint density at radius 1 is 1.40 bits per heavy atom. The van der Waals surface area contributed by atoms with Crippen molar-refractivity contribution in [3.63, 3.8) is 0 Å². The average molecular weight is 344 g/mol. The maximum Gasteiger partial charge on any atom is 0.171 e. The molecule has 1 aromatic carbocycles. The lowest BCUT2D eigenvalue weighted by molar-refractivity contribution is 0.318. The van der Waals surface area contributed by atoms with E-state index in [1.54, 1.807) is 12.1 Å². The van der Waals surface area contributed by atoms with Crippen LogP contribution < -0.4 is 10.6 Å². The zero-order valence-corrected chi connectivity index (χ0v) is 13.2. The van der Waals surface area contributed by atoms with Gasteiger partial charge in [0.25, 0.3) is 0 Å². The molecule has 1 aliphatic heterocycles. The first-order valence-electron chi connectivity index (χ1n) is 6.64. The number of hydrogen-bond acceptors (Lipinski definition) is 3. The number of anilines is 1. The van der Waals surface area contributed by atoms with Crippen LogP contribution in [0.1, 0.15) is 25.8 Å². The van der Waals surface area contributed by atoms with Gasteiger partial charge in [0.15, 0.2) is 11.7 Å². The van der Waals surface area contributed by atoms with Gasteiger partial charge < -0.3 is 15.8 Å². The molecule has 2 rings (SSSR count). The van der Waals surface area contributed by atoms with Gasteiger partial charge in [-0.3, -0.25) is 0 Å². The first kappa shape index (κ1) is 15.1. The van der Waals surface area contributed by atoms with Crippen molar-refractivity contribution in [2.75, 3.05) is 18.0 Å². The highest BCUT2D eigenvalue weighted by atomic mass is 79.9. The van der Waals surface area contributed by atoms with Gasteiger partial charge in [0.1, 0.15) is 0 Å². The quantitative estimate of drug-likeness (QED) is 0.375. The molecule has 0 saturated carbocycles. The molecule has 0 radical (unpaired) electrons. The van der Waals surface area contributed by atoms with Gasteiger partial charge in [0.05, 0.1) is 10.2 Å². The maximum atomic E-state index is 14.5. The Bertz CT molecular complexity index is 525. The first-order chi connectivity index (χ1) is 9.43. The molecule has 0 bridgehead atoms. The van der Waals surface area contributed by atoms with Gasteiger partial charge in [-0.25, -0.2) is 4.39 Å². The molecule has 0 aliphatic carbocycles. The molecule has 1 aliphatic rings. The normalized spacial score (nSPS) is 24.0. The molecule has 0 spiro atoms. The van der Waals surface area contributed by atoms with E-state index in [9.17, 15) is 4.39 Å². The Morgan fingerprint density at radius 2 is 2.00 bits per heavy atom. The predicted octanol–water partition coefficient (Wildman–Crippen LogP) is 3.17. The minimum absolute atomic E-state index is 0.109. The van der Waals surface area contributed by atoms with Crippen LogP contribution in [0, 0.1) is 17.7 Å². The average Bonchev–Trinajstić information content (AvgIpc) is 2.39. The molecule has 1 aromatic rings. The molecule has 0 aromatic heterocycles. The van der Waals surface area contributed by atoms with Crippen LogP contribution in [0.25, 0.3) is 0 Å². The topological polar surface area (TPSA) is 61.8 Å². The Labute approximate surface area is 126 Å². The lowest BCUT2D eigenvalue weighted by Gasteiger charge is -2.37. The fourth-order valence-corrected chi connectivity index (χ4v) is 3.43. The van der Waals surface area contributed by atoms with Crippen LogP contribution in [0.2, 0.25) is 0 Å². The van der Waals surface area contributed by atoms with E-state index in [1.807, 2.05) is 0 Å². The second-order valence-electron chi connectivity index (χ2n) is 5.60. The summed E-state index contributed by atoms with van der Waals surface area (Å²) in [7, 11) is 0. The third-order valence-corrected chi connectivity index (χ3v) is 4.43. The number of piperidine rings is 1. The second-order valence-corrected chi connectivity index (χ2v) is 6.39. The van der Waals surface area contributed by atoms with Crippen molar-refractivity contribution in [1.29, 1.82) is 0 Å². The summed E-state index contributed by atoms with van der Waals surface area (Å²) in [5.74, 6) is 0.611. The zero-order chi connectivity index (χ0) is 14.9. The Hall–Kier alpha value is -1.30. The number of hydrogen-bond donors (Lipinski definition) is 2. The maximum absolute atomic E-state index is 14.5. The number of rotatable bonds is 2. The molecule has 20 heavy (non-hydrogen) atoms. The summed E-state index contributed by atoms with van der Waals surface area (Å²) in [5, 5.41) is 11.6. The highest BCUT2D eigenvalue weighted by Crippen LogP contribution is 2.33. The van der Waals surface area contributed by atoms with Crippen molar-refractivity contribution in [3.8, 4) is 0 Å². The largest absolute Gasteiger partial charge is 0.409 e. The van der Waals surface area contributed by atoms with E-state index in [2.05, 4.69) is 39.8 Å². The number of oxime groups is 1. The monoisotopic (exact) mass is 343 g/mol. The zero-order valence-electron chi connectivity index (χ0n) is 11.6. The van der Waals surface area contributed by atoms with Gasteiger partial charge in [-0.15, -0.1) is 0 Å². The molecule has 1 saturated heterocycles. The van der Waals surface area contributed by atoms with E-state index in [4.69, 9.17) is 10.9 Å². The molecule has 1 fully saturated rings. The van der Waals surface area contributed by atoms with Crippen LogP contribution in [0.5, 0.6) is 0 Å². The smallest absolute Gasteiger partial charge is 0.171 e. The van der Waals surface area contributed by atoms with Crippen molar-refractivity contribution in [3.05, 3.63) is 28.0 Å². The van der Waals surface area contributed by atoms with E-state index in [0.29, 0.717) is 23.1 Å². The van der Waals surface area contributed by atoms with Gasteiger partial charge in [-0.05, 0) is 46.3 Å². The van der Waals surface area contributed by atoms with Gasteiger partial charge in [-0.2, -0.15) is 0 Å². The summed E-state index contributed by atoms with van der Waals surface area (Å²) in [6, 6.07) is 3.36. The number of nitrogens with two attached hydrogens (primary N) is 1. The second kappa shape index (κ2) is 5.99.